The van der Waals surface area contributed by atoms with E-state index < -0.39 is 53.9 Å². The molecule has 4 N–H and O–H groups in total. The van der Waals surface area contributed by atoms with E-state index in [1.807, 2.05) is 12.1 Å². The second kappa shape index (κ2) is 15.6. The molecule has 0 aliphatic carbocycles. The van der Waals surface area contributed by atoms with Crippen LogP contribution in [0, 0.1) is 0 Å². The van der Waals surface area contributed by atoms with E-state index in [1.165, 1.54) is 18.7 Å². The van der Waals surface area contributed by atoms with Crippen molar-refractivity contribution in [3.05, 3.63) is 46.7 Å². The molecular weight excluding hydrogens is 603 g/mol. The third-order valence-corrected chi connectivity index (χ3v) is 10.0. The molecule has 2 aliphatic heterocycles. The smallest absolute Gasteiger partial charge is 0.778 e. The first-order valence-corrected chi connectivity index (χ1v) is 15.1. The summed E-state index contributed by atoms with van der Waals surface area (Å²) in [7, 11) is -4.38. The first kappa shape index (κ1) is 35.4. The Labute approximate surface area is 282 Å². The summed E-state index contributed by atoms with van der Waals surface area (Å²) in [6.07, 6.45) is -0.567. The number of H-pyrrole nitrogens is 1. The fraction of sp³-hybridized carbons (Fsp3) is 0.429. The molecule has 40 heavy (non-hydrogen) atoms. The zero-order valence-electron chi connectivity index (χ0n) is 22.1. The van der Waals surface area contributed by atoms with Gasteiger partial charge in [0.05, 0.1) is 24.7 Å². The summed E-state index contributed by atoms with van der Waals surface area (Å²) in [5.74, 6) is -2.64. The summed E-state index contributed by atoms with van der Waals surface area (Å²) < 4.78 is 17.4. The second-order valence-corrected chi connectivity index (χ2v) is 12.4. The molecule has 19 heteroatoms. The van der Waals surface area contributed by atoms with E-state index in [0.717, 1.165) is 27.8 Å². The van der Waals surface area contributed by atoms with Crippen molar-refractivity contribution in [2.45, 2.75) is 41.7 Å². The topological polar surface area (TPSA) is 219 Å². The van der Waals surface area contributed by atoms with E-state index in [1.54, 1.807) is 12.1 Å². The van der Waals surface area contributed by atoms with Gasteiger partial charge in [-0.05, 0) is 28.8 Å². The van der Waals surface area contributed by atoms with Crippen molar-refractivity contribution in [2.24, 2.45) is 5.73 Å². The molecule has 0 bridgehead atoms. The summed E-state index contributed by atoms with van der Waals surface area (Å²) in [5.41, 5.74) is 6.97. The number of tetrazole rings is 1. The van der Waals surface area contributed by atoms with Crippen LogP contribution in [0.25, 0.3) is 0 Å². The van der Waals surface area contributed by atoms with Crippen LogP contribution in [0.15, 0.2) is 40.7 Å². The monoisotopic (exact) mass is 627 g/mol. The number of nitrogens with zero attached hydrogens (tertiary/aromatic N) is 4. The maximum atomic E-state index is 13.1. The van der Waals surface area contributed by atoms with Crippen molar-refractivity contribution in [1.29, 1.82) is 0 Å². The van der Waals surface area contributed by atoms with Crippen molar-refractivity contribution in [3.63, 3.8) is 0 Å². The number of amides is 2. The molecule has 0 radical (unpaired) electrons. The standard InChI is InChI=1S/C21H26N7O7PS2.2Na/c1-2-35-36(33,34)9-14(38-21-24-26-27-25-21)13-10-37-19-16(18(30)28(19)17(13)20(31)32)23-15(29)7-11-5-3-4-6-12(11)8-22;;/h3-6,14,16,19H,2,7-10,22H2,1H3,(H,23,29)(H,31,32)(H,33,34)(H,24,25,26,27);;/q;2*+1/p-2/t14?,16-,19+;;/m1../s1. The molecule has 4 rings (SSSR count). The number of nitrogens with one attached hydrogen (secondary N) is 2. The van der Waals surface area contributed by atoms with Gasteiger partial charge in [0.1, 0.15) is 19.0 Å². The van der Waals surface area contributed by atoms with Crippen LogP contribution in [0.2, 0.25) is 0 Å². The molecule has 3 heterocycles. The van der Waals surface area contributed by atoms with Gasteiger partial charge < -0.3 is 34.9 Å². The molecule has 2 amide bonds. The first-order chi connectivity index (χ1) is 18.1. The predicted molar refractivity (Wildman–Crippen MR) is 133 cm³/mol. The number of hydrogen-bond donors (Lipinski definition) is 3. The van der Waals surface area contributed by atoms with Crippen molar-refractivity contribution < 1.29 is 92.6 Å². The fourth-order valence-corrected chi connectivity index (χ4v) is 8.48. The number of carbonyl (C=O) groups is 3. The van der Waals surface area contributed by atoms with Crippen LogP contribution >= 0.6 is 31.1 Å². The largest absolute Gasteiger partial charge is 1.00 e. The summed E-state index contributed by atoms with van der Waals surface area (Å²) >= 11 is 2.07. The molecule has 2 aliphatic rings. The molecule has 2 aromatic rings. The molecule has 2 unspecified atom stereocenters. The van der Waals surface area contributed by atoms with Crippen LogP contribution in [-0.4, -0.2) is 78.5 Å². The number of carboxylic acids is 1. The quantitative estimate of drug-likeness (QED) is 0.0863. The minimum Gasteiger partial charge on any atom is -0.778 e. The van der Waals surface area contributed by atoms with Gasteiger partial charge in [0.2, 0.25) is 11.1 Å². The Morgan fingerprint density at radius 1 is 1.35 bits per heavy atom. The maximum absolute atomic E-state index is 13.1. The number of thioether (sulfide) groups is 2. The second-order valence-electron chi connectivity index (χ2n) is 8.28. The normalized spacial score (nSPS) is 20.3. The Morgan fingerprint density at radius 2 is 2.05 bits per heavy atom. The number of hydrogen-bond acceptors (Lipinski definition) is 13. The van der Waals surface area contributed by atoms with Gasteiger partial charge in [-0.1, -0.05) is 36.0 Å². The van der Waals surface area contributed by atoms with E-state index in [4.69, 9.17) is 10.3 Å². The van der Waals surface area contributed by atoms with E-state index >= 15 is 0 Å². The van der Waals surface area contributed by atoms with Crippen molar-refractivity contribution in [2.75, 3.05) is 18.5 Å². The number of rotatable bonds is 12. The van der Waals surface area contributed by atoms with E-state index in [0.29, 0.717) is 0 Å². The van der Waals surface area contributed by atoms with Crippen LogP contribution in [0.3, 0.4) is 0 Å². The molecule has 14 nitrogen and oxygen atoms in total. The van der Waals surface area contributed by atoms with Gasteiger partial charge in [-0.2, -0.15) is 5.21 Å². The van der Waals surface area contributed by atoms with Crippen LogP contribution in [0.1, 0.15) is 18.1 Å². The number of benzene rings is 1. The van der Waals surface area contributed by atoms with E-state index in [-0.39, 0.29) is 95.2 Å². The Morgan fingerprint density at radius 3 is 2.65 bits per heavy atom. The van der Waals surface area contributed by atoms with Crippen LogP contribution in [-0.2, 0) is 36.4 Å². The molecule has 1 saturated heterocycles. The van der Waals surface area contributed by atoms with E-state index in [9.17, 15) is 28.9 Å². The Kier molecular flexibility index (Phi) is 13.9. The Balaban J connectivity index is 0.00000280. The van der Waals surface area contributed by atoms with Crippen LogP contribution in [0.5, 0.6) is 0 Å². The minimum atomic E-state index is -4.38. The number of nitrogens with two attached hydrogens (primary N) is 1. The number of aromatic nitrogens is 4. The average Bonchev–Trinajstić information content (AvgIpc) is 3.39. The molecule has 4 atom stereocenters. The van der Waals surface area contributed by atoms with Gasteiger partial charge in [0, 0.05) is 23.7 Å². The average molecular weight is 628 g/mol. The summed E-state index contributed by atoms with van der Waals surface area (Å²) in [6.45, 7) is 1.68. The van der Waals surface area contributed by atoms with E-state index in [2.05, 4.69) is 25.9 Å². The molecule has 0 saturated carbocycles. The van der Waals surface area contributed by atoms with Crippen LogP contribution < -0.4 is 80.2 Å². The fourth-order valence-electron chi connectivity index (χ4n) is 4.21. The molecule has 1 aromatic carbocycles. The van der Waals surface area contributed by atoms with Gasteiger partial charge in [-0.25, -0.2) is 0 Å². The predicted octanol–water partition coefficient (Wildman–Crippen LogP) is -7.64. The first-order valence-electron chi connectivity index (χ1n) is 11.4. The summed E-state index contributed by atoms with van der Waals surface area (Å²) in [6, 6.07) is 6.22. The van der Waals surface area contributed by atoms with Crippen molar-refractivity contribution in [3.8, 4) is 0 Å². The number of fused-ring (bicyclic) bond motifs is 1. The maximum Gasteiger partial charge on any atom is 1.00 e. The number of β-lactam (4-membered cyclic amide) rings is 1. The Hall–Kier alpha value is -0.750. The zero-order chi connectivity index (χ0) is 27.4. The molecule has 1 fully saturated rings. The van der Waals surface area contributed by atoms with Gasteiger partial charge in [-0.15, -0.1) is 22.0 Å². The summed E-state index contributed by atoms with van der Waals surface area (Å²) in [5, 5.41) is 26.6. The summed E-state index contributed by atoms with van der Waals surface area (Å²) in [4.78, 5) is 51.5. The molecule has 1 aromatic heterocycles. The van der Waals surface area contributed by atoms with Gasteiger partial charge in [0.25, 0.3) is 5.91 Å². The van der Waals surface area contributed by atoms with Crippen LogP contribution in [0.4, 0.5) is 0 Å². The van der Waals surface area contributed by atoms with Gasteiger partial charge in [0.15, 0.2) is 0 Å². The minimum absolute atomic E-state index is 0. The Bertz CT molecular complexity index is 1300. The SMILES string of the molecule is CCOP(=O)([O-])CC(Sc1nn[nH]n1)C1=C(C(=O)[O-])N2C(=O)[C@@H](NC(=O)Cc3ccccc3CN)[C@@H]2SC1.[Na+].[Na+]. The van der Waals surface area contributed by atoms with Gasteiger partial charge in [-0.3, -0.25) is 14.5 Å². The van der Waals surface area contributed by atoms with Crippen molar-refractivity contribution >= 4 is 48.9 Å². The zero-order valence-corrected chi connectivity index (χ0v) is 28.6. The number of aromatic amines is 1. The third kappa shape index (κ3) is 8.20. The number of aliphatic carboxylic acids is 1. The van der Waals surface area contributed by atoms with Gasteiger partial charge >= 0.3 is 59.1 Å². The molecule has 0 spiro atoms. The number of carbonyl (C=O) groups excluding carboxylic acids is 3. The third-order valence-electron chi connectivity index (χ3n) is 5.87. The molecule has 204 valence electrons. The van der Waals surface area contributed by atoms with Crippen molar-refractivity contribution in [1.82, 2.24) is 30.8 Å². The number of carboxylic acid groups (broad SMARTS) is 1. The molecular formula is C21H24N7Na2O7PS2.